The maximum absolute atomic E-state index is 13.5. The first-order valence-corrected chi connectivity index (χ1v) is 10.3. The van der Waals surface area contributed by atoms with Crippen molar-refractivity contribution >= 4 is 11.6 Å². The SMILES string of the molecule is Cc1cc(N2CC(C)n3ncc(-c4cnc(-c5ccccn5)[nH]4)c3C2=O)ccc1C(F)(F)F. The van der Waals surface area contributed by atoms with Crippen molar-refractivity contribution in [2.24, 2.45) is 0 Å². The number of alkyl halides is 3. The smallest absolute Gasteiger partial charge is 0.337 e. The third kappa shape index (κ3) is 3.57. The lowest BCUT2D eigenvalue weighted by molar-refractivity contribution is -0.138. The van der Waals surface area contributed by atoms with Crippen molar-refractivity contribution in [3.8, 4) is 22.8 Å². The molecule has 0 saturated heterocycles. The summed E-state index contributed by atoms with van der Waals surface area (Å²) in [6.45, 7) is 3.59. The largest absolute Gasteiger partial charge is 0.416 e. The summed E-state index contributed by atoms with van der Waals surface area (Å²) >= 11 is 0. The number of carbonyl (C=O) groups is 1. The lowest BCUT2D eigenvalue weighted by atomic mass is 10.0. The molecule has 1 aliphatic heterocycles. The molecule has 0 aliphatic carbocycles. The fourth-order valence-electron chi connectivity index (χ4n) is 4.11. The molecule has 1 unspecified atom stereocenters. The van der Waals surface area contributed by atoms with Crippen LogP contribution in [0.4, 0.5) is 18.9 Å². The van der Waals surface area contributed by atoms with Crippen LogP contribution in [0.5, 0.6) is 0 Å². The summed E-state index contributed by atoms with van der Waals surface area (Å²) in [4.78, 5) is 26.8. The Morgan fingerprint density at radius 1 is 1.12 bits per heavy atom. The normalized spacial score (nSPS) is 16.2. The van der Waals surface area contributed by atoms with Crippen molar-refractivity contribution in [3.63, 3.8) is 0 Å². The van der Waals surface area contributed by atoms with Gasteiger partial charge in [0.25, 0.3) is 5.91 Å². The second-order valence-electron chi connectivity index (χ2n) is 7.97. The van der Waals surface area contributed by atoms with E-state index in [1.54, 1.807) is 29.3 Å². The molecule has 0 saturated carbocycles. The Balaban J connectivity index is 1.53. The number of nitrogens with one attached hydrogen (secondary N) is 1. The highest BCUT2D eigenvalue weighted by Crippen LogP contribution is 2.36. The van der Waals surface area contributed by atoms with Crippen LogP contribution in [0.1, 0.15) is 34.6 Å². The molecule has 0 spiro atoms. The van der Waals surface area contributed by atoms with Crippen LogP contribution in [0, 0.1) is 6.92 Å². The molecular weight excluding hydrogens is 433 g/mol. The predicted molar refractivity (Wildman–Crippen MR) is 116 cm³/mol. The number of anilines is 1. The van der Waals surface area contributed by atoms with Crippen molar-refractivity contribution < 1.29 is 18.0 Å². The van der Waals surface area contributed by atoms with Crippen LogP contribution in [0.15, 0.2) is 55.0 Å². The Labute approximate surface area is 186 Å². The number of carbonyl (C=O) groups excluding carboxylic acids is 1. The molecule has 4 aromatic rings. The first-order valence-electron chi connectivity index (χ1n) is 10.3. The zero-order valence-corrected chi connectivity index (χ0v) is 17.8. The van der Waals surface area contributed by atoms with Gasteiger partial charge < -0.3 is 9.88 Å². The molecule has 7 nitrogen and oxygen atoms in total. The number of aromatic nitrogens is 5. The molecule has 1 atom stereocenters. The molecule has 0 fully saturated rings. The standard InChI is InChI=1S/C23H19F3N6O/c1-13-9-15(6-7-17(13)23(24,25)26)31-12-14(2)32-20(22(31)33)16(10-29-32)19-11-28-21(30-19)18-5-3-4-8-27-18/h3-11,14H,12H2,1-2H3,(H,28,30). The summed E-state index contributed by atoms with van der Waals surface area (Å²) in [7, 11) is 0. The fourth-order valence-corrected chi connectivity index (χ4v) is 4.11. The first-order chi connectivity index (χ1) is 15.7. The lowest BCUT2D eigenvalue weighted by Crippen LogP contribution is -2.42. The number of hydrogen-bond donors (Lipinski definition) is 1. The molecule has 5 rings (SSSR count). The monoisotopic (exact) mass is 452 g/mol. The van der Waals surface area contributed by atoms with E-state index in [2.05, 4.69) is 20.1 Å². The molecule has 1 aliphatic rings. The summed E-state index contributed by atoms with van der Waals surface area (Å²) in [5.41, 5.74) is 1.93. The van der Waals surface area contributed by atoms with E-state index in [1.807, 2.05) is 19.1 Å². The molecule has 4 heterocycles. The van der Waals surface area contributed by atoms with E-state index in [1.165, 1.54) is 24.0 Å². The number of hydrogen-bond acceptors (Lipinski definition) is 4. The van der Waals surface area contributed by atoms with Crippen molar-refractivity contribution in [1.82, 2.24) is 24.7 Å². The van der Waals surface area contributed by atoms with Gasteiger partial charge in [0.1, 0.15) is 11.4 Å². The number of amides is 1. The number of aryl methyl sites for hydroxylation is 1. The van der Waals surface area contributed by atoms with Gasteiger partial charge in [0, 0.05) is 18.4 Å². The Hall–Kier alpha value is -3.95. The van der Waals surface area contributed by atoms with Crippen LogP contribution in [0.3, 0.4) is 0 Å². The van der Waals surface area contributed by atoms with Crippen LogP contribution < -0.4 is 4.90 Å². The highest BCUT2D eigenvalue weighted by Gasteiger charge is 2.36. The zero-order valence-electron chi connectivity index (χ0n) is 17.8. The summed E-state index contributed by atoms with van der Waals surface area (Å²) in [6.07, 6.45) is 0.427. The van der Waals surface area contributed by atoms with Gasteiger partial charge in [0.2, 0.25) is 0 Å². The fraction of sp³-hybridized carbons (Fsp3) is 0.217. The lowest BCUT2D eigenvalue weighted by Gasteiger charge is -2.32. The van der Waals surface area contributed by atoms with Crippen LogP contribution in [-0.2, 0) is 6.18 Å². The summed E-state index contributed by atoms with van der Waals surface area (Å²) in [5.74, 6) is 0.214. The second-order valence-corrected chi connectivity index (χ2v) is 7.97. The van der Waals surface area contributed by atoms with Gasteiger partial charge in [-0.2, -0.15) is 18.3 Å². The highest BCUT2D eigenvalue weighted by molar-refractivity contribution is 6.09. The van der Waals surface area contributed by atoms with Crippen molar-refractivity contribution in [1.29, 1.82) is 0 Å². The van der Waals surface area contributed by atoms with Gasteiger partial charge in [0.15, 0.2) is 5.82 Å². The number of nitrogens with zero attached hydrogens (tertiary/aromatic N) is 5. The summed E-state index contributed by atoms with van der Waals surface area (Å²) < 4.78 is 41.2. The Morgan fingerprint density at radius 2 is 1.94 bits per heavy atom. The van der Waals surface area contributed by atoms with Gasteiger partial charge in [-0.25, -0.2) is 4.98 Å². The topological polar surface area (TPSA) is 79.7 Å². The number of benzene rings is 1. The average Bonchev–Trinajstić information content (AvgIpc) is 3.43. The van der Waals surface area contributed by atoms with E-state index in [9.17, 15) is 18.0 Å². The van der Waals surface area contributed by atoms with E-state index in [0.29, 0.717) is 40.7 Å². The molecular formula is C23H19F3N6O. The number of fused-ring (bicyclic) bond motifs is 1. The highest BCUT2D eigenvalue weighted by atomic mass is 19.4. The minimum atomic E-state index is -4.44. The predicted octanol–water partition coefficient (Wildman–Crippen LogP) is 4.88. The Bertz CT molecular complexity index is 1340. The second kappa shape index (κ2) is 7.58. The zero-order chi connectivity index (χ0) is 23.3. The molecule has 0 bridgehead atoms. The van der Waals surface area contributed by atoms with E-state index < -0.39 is 11.7 Å². The van der Waals surface area contributed by atoms with Crippen molar-refractivity contribution in [2.75, 3.05) is 11.4 Å². The van der Waals surface area contributed by atoms with Crippen LogP contribution in [0.25, 0.3) is 22.8 Å². The van der Waals surface area contributed by atoms with Crippen molar-refractivity contribution in [3.05, 3.63) is 71.8 Å². The van der Waals surface area contributed by atoms with E-state index >= 15 is 0 Å². The molecule has 1 N–H and O–H groups in total. The molecule has 168 valence electrons. The molecule has 33 heavy (non-hydrogen) atoms. The molecule has 0 radical (unpaired) electrons. The first kappa shape index (κ1) is 20.9. The molecule has 1 aromatic carbocycles. The van der Waals surface area contributed by atoms with Crippen molar-refractivity contribution in [2.45, 2.75) is 26.1 Å². The summed E-state index contributed by atoms with van der Waals surface area (Å²) in [6, 6.07) is 9.05. The molecule has 1 amide bonds. The van der Waals surface area contributed by atoms with E-state index in [-0.39, 0.29) is 17.5 Å². The van der Waals surface area contributed by atoms with Gasteiger partial charge in [-0.15, -0.1) is 0 Å². The van der Waals surface area contributed by atoms with Gasteiger partial charge >= 0.3 is 6.18 Å². The quantitative estimate of drug-likeness (QED) is 0.480. The minimum Gasteiger partial charge on any atom is -0.337 e. The van der Waals surface area contributed by atoms with Crippen LogP contribution >= 0.6 is 0 Å². The van der Waals surface area contributed by atoms with Gasteiger partial charge in [0.05, 0.1) is 35.3 Å². The van der Waals surface area contributed by atoms with Gasteiger partial charge in [-0.3, -0.25) is 14.5 Å². The van der Waals surface area contributed by atoms with E-state index in [0.717, 1.165) is 6.07 Å². The Kier molecular flexibility index (Phi) is 4.80. The minimum absolute atomic E-state index is 0.0633. The molecule has 3 aromatic heterocycles. The Morgan fingerprint density at radius 3 is 2.64 bits per heavy atom. The number of pyridine rings is 1. The van der Waals surface area contributed by atoms with Crippen LogP contribution in [0.2, 0.25) is 0 Å². The number of imidazole rings is 1. The third-order valence-corrected chi connectivity index (χ3v) is 5.71. The number of halogens is 3. The number of aromatic amines is 1. The van der Waals surface area contributed by atoms with Gasteiger partial charge in [-0.1, -0.05) is 6.07 Å². The number of H-pyrrole nitrogens is 1. The maximum Gasteiger partial charge on any atom is 0.416 e. The van der Waals surface area contributed by atoms with Crippen LogP contribution in [-0.4, -0.2) is 37.2 Å². The van der Waals surface area contributed by atoms with Gasteiger partial charge in [-0.05, 0) is 49.7 Å². The maximum atomic E-state index is 13.5. The summed E-state index contributed by atoms with van der Waals surface area (Å²) in [5, 5.41) is 4.40. The van der Waals surface area contributed by atoms with E-state index in [4.69, 9.17) is 0 Å². The average molecular weight is 452 g/mol. The molecule has 10 heteroatoms. The third-order valence-electron chi connectivity index (χ3n) is 5.71. The number of rotatable bonds is 3.